The van der Waals surface area contributed by atoms with Gasteiger partial charge in [-0.05, 0) is 27.9 Å². The van der Waals surface area contributed by atoms with Gasteiger partial charge in [-0.3, -0.25) is 14.4 Å². The Morgan fingerprint density at radius 1 is 1.32 bits per heavy atom. The number of oxime groups is 1. The summed E-state index contributed by atoms with van der Waals surface area (Å²) in [6.45, 7) is 0.451. The zero-order valence-electron chi connectivity index (χ0n) is 15.6. The Hall–Kier alpha value is -2.42. The van der Waals surface area contributed by atoms with Gasteiger partial charge >= 0.3 is 11.9 Å². The van der Waals surface area contributed by atoms with E-state index in [2.05, 4.69) is 26.4 Å². The van der Waals surface area contributed by atoms with Gasteiger partial charge in [-0.1, -0.05) is 35.5 Å². The molecule has 0 saturated heterocycles. The van der Waals surface area contributed by atoms with E-state index in [0.29, 0.717) is 17.6 Å². The highest BCUT2D eigenvalue weighted by atomic mass is 79.9. The number of hydrogen-bond donors (Lipinski definition) is 1. The fourth-order valence-electron chi connectivity index (χ4n) is 2.59. The second-order valence-electron chi connectivity index (χ2n) is 6.31. The number of benzene rings is 1. The molecule has 2 rings (SSSR count). The number of methoxy groups -OCH3 is 1. The molecule has 0 radical (unpaired) electrons. The third kappa shape index (κ3) is 7.67. The Labute approximate surface area is 171 Å². The van der Waals surface area contributed by atoms with Crippen molar-refractivity contribution in [3.8, 4) is 0 Å². The van der Waals surface area contributed by atoms with E-state index in [4.69, 9.17) is 14.3 Å². The molecule has 152 valence electrons. The van der Waals surface area contributed by atoms with Crippen LogP contribution >= 0.6 is 15.9 Å². The van der Waals surface area contributed by atoms with Crippen molar-refractivity contribution in [2.45, 2.75) is 38.4 Å². The molecule has 1 aromatic carbocycles. The van der Waals surface area contributed by atoms with Crippen molar-refractivity contribution in [3.63, 3.8) is 0 Å². The third-order valence-electron chi connectivity index (χ3n) is 4.13. The number of halogens is 1. The lowest BCUT2D eigenvalue weighted by Crippen LogP contribution is -2.32. The van der Waals surface area contributed by atoms with Gasteiger partial charge in [0.1, 0.15) is 11.2 Å². The van der Waals surface area contributed by atoms with Crippen LogP contribution in [0, 0.1) is 5.92 Å². The summed E-state index contributed by atoms with van der Waals surface area (Å²) in [5.74, 6) is -2.03. The number of rotatable bonds is 10. The van der Waals surface area contributed by atoms with E-state index >= 15 is 0 Å². The summed E-state index contributed by atoms with van der Waals surface area (Å²) in [6.07, 6.45) is 0.519. The minimum absolute atomic E-state index is 0.0838. The van der Waals surface area contributed by atoms with E-state index < -0.39 is 17.9 Å². The first-order valence-corrected chi connectivity index (χ1v) is 9.69. The Bertz CT molecular complexity index is 710. The SMILES string of the molecule is COC(=O)[C@H](CCC(=O)NCC1CC(Br)=NO1)CC(=O)OCc1ccccc1. The van der Waals surface area contributed by atoms with E-state index in [1.807, 2.05) is 30.3 Å². The van der Waals surface area contributed by atoms with E-state index in [1.165, 1.54) is 7.11 Å². The average molecular weight is 455 g/mol. The molecule has 1 N–H and O–H groups in total. The van der Waals surface area contributed by atoms with Gasteiger partial charge in [0.25, 0.3) is 0 Å². The Kier molecular flexibility index (Phi) is 8.93. The molecule has 0 aliphatic carbocycles. The smallest absolute Gasteiger partial charge is 0.309 e. The molecule has 1 amide bonds. The fraction of sp³-hybridized carbons (Fsp3) is 0.474. The van der Waals surface area contributed by atoms with Crippen molar-refractivity contribution < 1.29 is 28.7 Å². The quantitative estimate of drug-likeness (QED) is 0.544. The highest BCUT2D eigenvalue weighted by Gasteiger charge is 2.25. The lowest BCUT2D eigenvalue weighted by atomic mass is 9.99. The van der Waals surface area contributed by atoms with Crippen LogP contribution in [-0.2, 0) is 35.3 Å². The molecule has 28 heavy (non-hydrogen) atoms. The van der Waals surface area contributed by atoms with Crippen molar-refractivity contribution >= 4 is 38.4 Å². The molecule has 1 aliphatic heterocycles. The van der Waals surface area contributed by atoms with Crippen LogP contribution in [-0.4, -0.2) is 42.2 Å². The van der Waals surface area contributed by atoms with Crippen LogP contribution in [0.3, 0.4) is 0 Å². The van der Waals surface area contributed by atoms with Gasteiger partial charge in [0.15, 0.2) is 6.10 Å². The number of esters is 2. The number of hydrogen-bond acceptors (Lipinski definition) is 7. The normalized spacial score (nSPS) is 16.5. The molecule has 0 saturated carbocycles. The lowest BCUT2D eigenvalue weighted by molar-refractivity contribution is -0.154. The number of ether oxygens (including phenoxy) is 2. The number of nitrogens with zero attached hydrogens (tertiary/aromatic N) is 1. The maximum atomic E-state index is 12.1. The Morgan fingerprint density at radius 2 is 2.07 bits per heavy atom. The van der Waals surface area contributed by atoms with Crippen LogP contribution in [0.2, 0.25) is 0 Å². The molecule has 1 aliphatic rings. The molecule has 1 unspecified atom stereocenters. The average Bonchev–Trinajstić information content (AvgIpc) is 3.13. The van der Waals surface area contributed by atoms with E-state index in [-0.39, 0.29) is 37.9 Å². The van der Waals surface area contributed by atoms with Gasteiger partial charge in [0.2, 0.25) is 5.91 Å². The van der Waals surface area contributed by atoms with Crippen LogP contribution in [0.4, 0.5) is 0 Å². The molecular formula is C19H23BrN2O6. The Balaban J connectivity index is 1.73. The second kappa shape index (κ2) is 11.4. The summed E-state index contributed by atoms with van der Waals surface area (Å²) >= 11 is 3.23. The second-order valence-corrected chi connectivity index (χ2v) is 7.23. The topological polar surface area (TPSA) is 103 Å². The van der Waals surface area contributed by atoms with Crippen molar-refractivity contribution in [2.24, 2.45) is 11.1 Å². The number of nitrogens with one attached hydrogen (secondary N) is 1. The fourth-order valence-corrected chi connectivity index (χ4v) is 3.04. The van der Waals surface area contributed by atoms with Crippen molar-refractivity contribution in [2.75, 3.05) is 13.7 Å². The highest BCUT2D eigenvalue weighted by molar-refractivity contribution is 9.18. The largest absolute Gasteiger partial charge is 0.469 e. The summed E-state index contributed by atoms with van der Waals surface area (Å²) in [7, 11) is 1.25. The lowest BCUT2D eigenvalue weighted by Gasteiger charge is -2.15. The van der Waals surface area contributed by atoms with E-state index in [9.17, 15) is 14.4 Å². The first kappa shape index (κ1) is 21.9. The molecule has 0 fully saturated rings. The molecule has 0 bridgehead atoms. The van der Waals surface area contributed by atoms with Gasteiger partial charge < -0.3 is 19.6 Å². The van der Waals surface area contributed by atoms with Crippen molar-refractivity contribution in [3.05, 3.63) is 35.9 Å². The molecule has 2 atom stereocenters. The predicted octanol–water partition coefficient (Wildman–Crippen LogP) is 2.30. The van der Waals surface area contributed by atoms with Gasteiger partial charge in [0.05, 0.1) is 26.0 Å². The number of carbonyl (C=O) groups is 3. The molecule has 0 aromatic heterocycles. The first-order chi connectivity index (χ1) is 13.5. The minimum atomic E-state index is -0.737. The minimum Gasteiger partial charge on any atom is -0.469 e. The number of amides is 1. The maximum Gasteiger partial charge on any atom is 0.309 e. The van der Waals surface area contributed by atoms with Crippen LogP contribution < -0.4 is 5.32 Å². The maximum absolute atomic E-state index is 12.1. The van der Waals surface area contributed by atoms with Crippen LogP contribution in [0.5, 0.6) is 0 Å². The molecule has 8 nitrogen and oxygen atoms in total. The number of carbonyl (C=O) groups excluding carboxylic acids is 3. The molecule has 0 spiro atoms. The molecular weight excluding hydrogens is 432 g/mol. The van der Waals surface area contributed by atoms with Gasteiger partial charge in [-0.25, -0.2) is 0 Å². The van der Waals surface area contributed by atoms with Crippen molar-refractivity contribution in [1.29, 1.82) is 0 Å². The molecule has 1 heterocycles. The van der Waals surface area contributed by atoms with Crippen LogP contribution in [0.25, 0.3) is 0 Å². The summed E-state index contributed by atoms with van der Waals surface area (Å²) in [4.78, 5) is 41.1. The van der Waals surface area contributed by atoms with Crippen molar-refractivity contribution in [1.82, 2.24) is 5.32 Å². The summed E-state index contributed by atoms with van der Waals surface area (Å²) in [5.41, 5.74) is 0.856. The summed E-state index contributed by atoms with van der Waals surface area (Å²) in [5, 5.41) is 6.48. The summed E-state index contributed by atoms with van der Waals surface area (Å²) in [6, 6.07) is 9.25. The van der Waals surface area contributed by atoms with E-state index in [0.717, 1.165) is 5.56 Å². The van der Waals surface area contributed by atoms with Gasteiger partial charge in [0, 0.05) is 12.8 Å². The zero-order chi connectivity index (χ0) is 20.4. The highest BCUT2D eigenvalue weighted by Crippen LogP contribution is 2.16. The first-order valence-electron chi connectivity index (χ1n) is 8.90. The van der Waals surface area contributed by atoms with Gasteiger partial charge in [-0.15, -0.1) is 0 Å². The molecule has 1 aromatic rings. The standard InChI is InChI=1S/C19H23BrN2O6/c1-26-19(25)14(9-18(24)27-12-13-5-3-2-4-6-13)7-8-17(23)21-11-15-10-16(20)22-28-15/h2-6,14-15H,7-12H2,1H3,(H,21,23)/t14-,15?/m1/s1. The van der Waals surface area contributed by atoms with Gasteiger partial charge in [-0.2, -0.15) is 0 Å². The Morgan fingerprint density at radius 3 is 2.71 bits per heavy atom. The molecule has 9 heteroatoms. The van der Waals surface area contributed by atoms with Crippen LogP contribution in [0.15, 0.2) is 35.5 Å². The summed E-state index contributed by atoms with van der Waals surface area (Å²) < 4.78 is 10.6. The van der Waals surface area contributed by atoms with Crippen LogP contribution in [0.1, 0.15) is 31.2 Å². The third-order valence-corrected chi connectivity index (χ3v) is 4.60. The predicted molar refractivity (Wildman–Crippen MR) is 104 cm³/mol. The van der Waals surface area contributed by atoms with E-state index in [1.54, 1.807) is 0 Å². The monoisotopic (exact) mass is 454 g/mol. The zero-order valence-corrected chi connectivity index (χ0v) is 17.1.